The lowest BCUT2D eigenvalue weighted by Gasteiger charge is -2.21. The molecular weight excluding hydrogens is 294 g/mol. The van der Waals surface area contributed by atoms with Crippen molar-refractivity contribution in [1.29, 1.82) is 0 Å². The van der Waals surface area contributed by atoms with Gasteiger partial charge in [-0.1, -0.05) is 30.3 Å². The van der Waals surface area contributed by atoms with Crippen LogP contribution < -0.4 is 10.6 Å². The number of carbonyl (C=O) groups is 2. The van der Waals surface area contributed by atoms with Crippen molar-refractivity contribution in [3.05, 3.63) is 35.9 Å². The third kappa shape index (κ3) is 5.90. The lowest BCUT2D eigenvalue weighted by molar-refractivity contribution is -0.130. The molecule has 0 aliphatic carbocycles. The molecule has 0 radical (unpaired) electrons. The Morgan fingerprint density at radius 3 is 2.70 bits per heavy atom. The minimum Gasteiger partial charge on any atom is -0.376 e. The summed E-state index contributed by atoms with van der Waals surface area (Å²) in [5.74, 6) is -0.0939. The largest absolute Gasteiger partial charge is 0.376 e. The molecule has 0 saturated carbocycles. The number of hydrogen-bond acceptors (Lipinski definition) is 3. The predicted octanol–water partition coefficient (Wildman–Crippen LogP) is 1.51. The molecule has 1 aliphatic heterocycles. The Labute approximate surface area is 137 Å². The first-order valence-corrected chi connectivity index (χ1v) is 8.14. The van der Waals surface area contributed by atoms with E-state index in [9.17, 15) is 9.59 Å². The van der Waals surface area contributed by atoms with Gasteiger partial charge in [0, 0.05) is 26.2 Å². The molecule has 126 valence electrons. The van der Waals surface area contributed by atoms with Crippen LogP contribution in [0.5, 0.6) is 0 Å². The quantitative estimate of drug-likeness (QED) is 0.800. The minimum absolute atomic E-state index is 0.00195. The highest BCUT2D eigenvalue weighted by Crippen LogP contribution is 2.10. The van der Waals surface area contributed by atoms with E-state index in [2.05, 4.69) is 10.6 Å². The van der Waals surface area contributed by atoms with Crippen LogP contribution in [0.4, 0.5) is 4.79 Å². The minimum atomic E-state index is -0.329. The summed E-state index contributed by atoms with van der Waals surface area (Å²) in [6, 6.07) is 9.48. The van der Waals surface area contributed by atoms with Crippen LogP contribution in [0.2, 0.25) is 0 Å². The van der Waals surface area contributed by atoms with E-state index >= 15 is 0 Å². The Kier molecular flexibility index (Phi) is 6.87. The van der Waals surface area contributed by atoms with Gasteiger partial charge in [-0.15, -0.1) is 0 Å². The fourth-order valence-electron chi connectivity index (χ4n) is 2.52. The smallest absolute Gasteiger partial charge is 0.315 e. The molecule has 1 aromatic carbocycles. The summed E-state index contributed by atoms with van der Waals surface area (Å²) in [6.07, 6.45) is 2.11. The summed E-state index contributed by atoms with van der Waals surface area (Å²) < 4.78 is 5.43. The van der Waals surface area contributed by atoms with Crippen molar-refractivity contribution < 1.29 is 14.3 Å². The number of hydrogen-bond donors (Lipinski definition) is 2. The highest BCUT2D eigenvalue weighted by Gasteiger charge is 2.17. The van der Waals surface area contributed by atoms with E-state index in [0.29, 0.717) is 19.6 Å². The normalized spacial score (nSPS) is 16.8. The fraction of sp³-hybridized carbons (Fsp3) is 0.529. The van der Waals surface area contributed by atoms with Crippen molar-refractivity contribution in [2.45, 2.75) is 32.4 Å². The molecule has 2 rings (SSSR count). The summed E-state index contributed by atoms with van der Waals surface area (Å²) in [5, 5.41) is 5.35. The fourth-order valence-corrected chi connectivity index (χ4v) is 2.52. The summed E-state index contributed by atoms with van der Waals surface area (Å²) in [5.41, 5.74) is 1.07. The lowest BCUT2D eigenvalue weighted by Crippen LogP contribution is -2.45. The molecule has 2 N–H and O–H groups in total. The maximum atomic E-state index is 12.2. The van der Waals surface area contributed by atoms with Crippen LogP contribution in [-0.4, -0.2) is 49.2 Å². The molecule has 6 nitrogen and oxygen atoms in total. The summed E-state index contributed by atoms with van der Waals surface area (Å²) in [6.45, 7) is 4.33. The third-order valence-electron chi connectivity index (χ3n) is 3.87. The number of amides is 3. The molecule has 1 unspecified atom stereocenters. The van der Waals surface area contributed by atoms with Crippen LogP contribution in [-0.2, 0) is 16.1 Å². The van der Waals surface area contributed by atoms with Gasteiger partial charge in [-0.25, -0.2) is 4.79 Å². The van der Waals surface area contributed by atoms with E-state index in [0.717, 1.165) is 25.0 Å². The Bertz CT molecular complexity index is 501. The molecule has 1 fully saturated rings. The second-order valence-electron chi connectivity index (χ2n) is 5.59. The first-order valence-electron chi connectivity index (χ1n) is 8.14. The van der Waals surface area contributed by atoms with E-state index in [1.807, 2.05) is 37.3 Å². The number of nitrogens with zero attached hydrogens (tertiary/aromatic N) is 1. The van der Waals surface area contributed by atoms with Crippen LogP contribution in [0.3, 0.4) is 0 Å². The first kappa shape index (κ1) is 17.3. The summed E-state index contributed by atoms with van der Waals surface area (Å²) in [7, 11) is 0. The van der Waals surface area contributed by atoms with Gasteiger partial charge in [0.15, 0.2) is 0 Å². The van der Waals surface area contributed by atoms with Gasteiger partial charge in [-0.05, 0) is 25.3 Å². The second-order valence-corrected chi connectivity index (χ2v) is 5.59. The third-order valence-corrected chi connectivity index (χ3v) is 3.87. The zero-order chi connectivity index (χ0) is 16.5. The van der Waals surface area contributed by atoms with E-state index in [4.69, 9.17) is 4.74 Å². The predicted molar refractivity (Wildman–Crippen MR) is 87.9 cm³/mol. The van der Waals surface area contributed by atoms with Gasteiger partial charge in [0.05, 0.1) is 12.6 Å². The van der Waals surface area contributed by atoms with Gasteiger partial charge < -0.3 is 20.3 Å². The zero-order valence-electron chi connectivity index (χ0n) is 13.6. The number of nitrogens with one attached hydrogen (secondary N) is 2. The average molecular weight is 319 g/mol. The van der Waals surface area contributed by atoms with Crippen LogP contribution >= 0.6 is 0 Å². The average Bonchev–Trinajstić information content (AvgIpc) is 3.10. The molecule has 1 saturated heterocycles. The monoisotopic (exact) mass is 319 g/mol. The molecule has 1 heterocycles. The molecule has 1 aliphatic rings. The Morgan fingerprint density at radius 1 is 1.26 bits per heavy atom. The van der Waals surface area contributed by atoms with E-state index in [1.54, 1.807) is 4.90 Å². The van der Waals surface area contributed by atoms with Gasteiger partial charge in [0.1, 0.15) is 0 Å². The summed E-state index contributed by atoms with van der Waals surface area (Å²) >= 11 is 0. The zero-order valence-corrected chi connectivity index (χ0v) is 13.6. The maximum Gasteiger partial charge on any atom is 0.315 e. The molecular formula is C17H25N3O3. The standard InChI is InChI=1S/C17H25N3O3/c1-2-20(13-14-7-4-3-5-8-14)16(21)12-19-17(22)18-11-15-9-6-10-23-15/h3-5,7-8,15H,2,6,9-13H2,1H3,(H2,18,19,22). The van der Waals surface area contributed by atoms with Crippen molar-refractivity contribution in [1.82, 2.24) is 15.5 Å². The Hall–Kier alpha value is -2.08. The molecule has 6 heteroatoms. The van der Waals surface area contributed by atoms with Gasteiger partial charge in [-0.3, -0.25) is 4.79 Å². The van der Waals surface area contributed by atoms with Gasteiger partial charge in [0.2, 0.25) is 5.91 Å². The SMILES string of the molecule is CCN(Cc1ccccc1)C(=O)CNC(=O)NCC1CCCO1. The van der Waals surface area contributed by atoms with Crippen molar-refractivity contribution in [2.24, 2.45) is 0 Å². The van der Waals surface area contributed by atoms with Crippen molar-refractivity contribution in [2.75, 3.05) is 26.2 Å². The topological polar surface area (TPSA) is 70.7 Å². The molecule has 1 atom stereocenters. The lowest BCUT2D eigenvalue weighted by atomic mass is 10.2. The molecule has 1 aromatic rings. The number of ether oxygens (including phenoxy) is 1. The number of benzene rings is 1. The number of urea groups is 1. The number of likely N-dealkylation sites (N-methyl/N-ethyl adjacent to an activating group) is 1. The maximum absolute atomic E-state index is 12.2. The first-order chi connectivity index (χ1) is 11.2. The highest BCUT2D eigenvalue weighted by atomic mass is 16.5. The van der Waals surface area contributed by atoms with E-state index in [-0.39, 0.29) is 24.6 Å². The molecule has 23 heavy (non-hydrogen) atoms. The van der Waals surface area contributed by atoms with Gasteiger partial charge in [0.25, 0.3) is 0 Å². The van der Waals surface area contributed by atoms with Crippen molar-refractivity contribution in [3.63, 3.8) is 0 Å². The van der Waals surface area contributed by atoms with Crippen LogP contribution in [0.15, 0.2) is 30.3 Å². The van der Waals surface area contributed by atoms with Crippen LogP contribution in [0, 0.1) is 0 Å². The van der Waals surface area contributed by atoms with E-state index < -0.39 is 0 Å². The second kappa shape index (κ2) is 9.15. The Balaban J connectivity index is 1.70. The van der Waals surface area contributed by atoms with Crippen LogP contribution in [0.1, 0.15) is 25.3 Å². The van der Waals surface area contributed by atoms with Crippen LogP contribution in [0.25, 0.3) is 0 Å². The molecule has 0 spiro atoms. The van der Waals surface area contributed by atoms with Crippen molar-refractivity contribution in [3.8, 4) is 0 Å². The number of carbonyl (C=O) groups excluding carboxylic acids is 2. The van der Waals surface area contributed by atoms with Gasteiger partial charge >= 0.3 is 6.03 Å². The molecule has 3 amide bonds. The summed E-state index contributed by atoms with van der Waals surface area (Å²) in [4.78, 5) is 25.6. The highest BCUT2D eigenvalue weighted by molar-refractivity contribution is 5.83. The molecule has 0 aromatic heterocycles. The van der Waals surface area contributed by atoms with E-state index in [1.165, 1.54) is 0 Å². The number of rotatable bonds is 7. The Morgan fingerprint density at radius 2 is 2.04 bits per heavy atom. The van der Waals surface area contributed by atoms with Crippen molar-refractivity contribution >= 4 is 11.9 Å². The van der Waals surface area contributed by atoms with Gasteiger partial charge in [-0.2, -0.15) is 0 Å². The molecule has 0 bridgehead atoms.